The third kappa shape index (κ3) is 2.98. The first-order chi connectivity index (χ1) is 9.96. The zero-order valence-corrected chi connectivity index (χ0v) is 13.8. The van der Waals surface area contributed by atoms with Crippen molar-refractivity contribution in [2.75, 3.05) is 16.8 Å². The van der Waals surface area contributed by atoms with E-state index in [0.717, 1.165) is 22.6 Å². The van der Waals surface area contributed by atoms with Crippen LogP contribution in [0.5, 0.6) is 0 Å². The summed E-state index contributed by atoms with van der Waals surface area (Å²) in [5.74, 6) is 0.491. The number of nitrogens with zero attached hydrogens (tertiary/aromatic N) is 2. The summed E-state index contributed by atoms with van der Waals surface area (Å²) >= 11 is 1.66. The number of nitrogens with one attached hydrogen (secondary N) is 1. The van der Waals surface area contributed by atoms with Crippen molar-refractivity contribution >= 4 is 26.9 Å². The predicted octanol–water partition coefficient (Wildman–Crippen LogP) is 2.53. The lowest BCUT2D eigenvalue weighted by molar-refractivity contribution is 0.485. The van der Waals surface area contributed by atoms with Gasteiger partial charge in [-0.1, -0.05) is 0 Å². The number of aromatic nitrogens is 2. The van der Waals surface area contributed by atoms with Gasteiger partial charge in [0, 0.05) is 28.9 Å². The van der Waals surface area contributed by atoms with Crippen LogP contribution in [0.15, 0.2) is 16.8 Å². The fourth-order valence-corrected chi connectivity index (χ4v) is 5.14. The number of hydrogen-bond acceptors (Lipinski definition) is 5. The van der Waals surface area contributed by atoms with E-state index < -0.39 is 9.84 Å². The second-order valence-electron chi connectivity index (χ2n) is 5.52. The van der Waals surface area contributed by atoms with Gasteiger partial charge in [-0.05, 0) is 31.7 Å². The Labute approximate surface area is 128 Å². The Kier molecular flexibility index (Phi) is 3.79. The van der Waals surface area contributed by atoms with Crippen LogP contribution in [0.2, 0.25) is 0 Å². The first kappa shape index (κ1) is 14.6. The maximum atomic E-state index is 11.6. The first-order valence-corrected chi connectivity index (χ1v) is 9.74. The topological polar surface area (TPSA) is 64.0 Å². The van der Waals surface area contributed by atoms with E-state index in [9.17, 15) is 8.42 Å². The van der Waals surface area contributed by atoms with Crippen LogP contribution in [-0.2, 0) is 16.4 Å². The third-order valence-corrected chi connectivity index (χ3v) is 6.45. The van der Waals surface area contributed by atoms with E-state index in [-0.39, 0.29) is 17.5 Å². The Balaban J connectivity index is 1.80. The highest BCUT2D eigenvalue weighted by Crippen LogP contribution is 2.27. The van der Waals surface area contributed by atoms with Gasteiger partial charge in [0.2, 0.25) is 0 Å². The zero-order valence-electron chi connectivity index (χ0n) is 12.2. The molecule has 21 heavy (non-hydrogen) atoms. The minimum absolute atomic E-state index is 0.0106. The lowest BCUT2D eigenvalue weighted by Gasteiger charge is -2.11. The summed E-state index contributed by atoms with van der Waals surface area (Å²) in [6.07, 6.45) is 0.668. The van der Waals surface area contributed by atoms with E-state index in [1.807, 2.05) is 30.0 Å². The van der Waals surface area contributed by atoms with Gasteiger partial charge in [0.1, 0.15) is 0 Å². The highest BCUT2D eigenvalue weighted by Gasteiger charge is 2.31. The van der Waals surface area contributed by atoms with Crippen molar-refractivity contribution in [1.29, 1.82) is 0 Å². The summed E-state index contributed by atoms with van der Waals surface area (Å²) in [5, 5.41) is 12.1. The maximum Gasteiger partial charge on any atom is 0.152 e. The quantitative estimate of drug-likeness (QED) is 0.938. The molecule has 3 heterocycles. The molecule has 0 saturated carbocycles. The average molecular weight is 325 g/mol. The standard InChI is InChI=1S/C14H19N3O2S2/c1-10-14(7-15-12-3-5-20-8-12)11(2)17(16-10)13-4-6-21(18,19)9-13/h3,5,8,13,15H,4,6-7,9H2,1-2H3. The number of anilines is 1. The van der Waals surface area contributed by atoms with Gasteiger partial charge in [-0.2, -0.15) is 16.4 Å². The Morgan fingerprint density at radius 1 is 1.48 bits per heavy atom. The van der Waals surface area contributed by atoms with Crippen LogP contribution in [-0.4, -0.2) is 29.7 Å². The summed E-state index contributed by atoms with van der Waals surface area (Å²) in [4.78, 5) is 0. The predicted molar refractivity (Wildman–Crippen MR) is 85.7 cm³/mol. The summed E-state index contributed by atoms with van der Waals surface area (Å²) in [7, 11) is -2.89. The Morgan fingerprint density at radius 2 is 2.29 bits per heavy atom. The third-order valence-electron chi connectivity index (χ3n) is 4.02. The molecule has 1 aliphatic heterocycles. The molecule has 7 heteroatoms. The van der Waals surface area contributed by atoms with E-state index in [1.165, 1.54) is 0 Å². The van der Waals surface area contributed by atoms with Gasteiger partial charge in [0.05, 0.1) is 23.2 Å². The smallest absolute Gasteiger partial charge is 0.152 e. The van der Waals surface area contributed by atoms with Gasteiger partial charge in [0.25, 0.3) is 0 Å². The normalized spacial score (nSPS) is 20.8. The van der Waals surface area contributed by atoms with E-state index in [1.54, 1.807) is 11.3 Å². The number of thiophene rings is 1. The fraction of sp³-hybridized carbons (Fsp3) is 0.500. The SMILES string of the molecule is Cc1nn(C2CCS(=O)(=O)C2)c(C)c1CNc1ccsc1. The van der Waals surface area contributed by atoms with Crippen molar-refractivity contribution in [3.63, 3.8) is 0 Å². The first-order valence-electron chi connectivity index (χ1n) is 6.97. The molecular formula is C14H19N3O2S2. The molecule has 1 fully saturated rings. The van der Waals surface area contributed by atoms with Crippen molar-refractivity contribution in [1.82, 2.24) is 9.78 Å². The molecule has 0 radical (unpaired) electrons. The van der Waals surface area contributed by atoms with Crippen molar-refractivity contribution in [2.45, 2.75) is 32.9 Å². The minimum Gasteiger partial charge on any atom is -0.380 e. The molecule has 1 aliphatic rings. The van der Waals surface area contributed by atoms with Crippen LogP contribution in [0.4, 0.5) is 5.69 Å². The molecule has 1 atom stereocenters. The van der Waals surface area contributed by atoms with Crippen LogP contribution in [0, 0.1) is 13.8 Å². The monoisotopic (exact) mass is 325 g/mol. The average Bonchev–Trinajstić information content (AvgIpc) is 3.10. The molecule has 114 valence electrons. The second-order valence-corrected chi connectivity index (χ2v) is 8.53. The second kappa shape index (κ2) is 5.46. The number of hydrogen-bond donors (Lipinski definition) is 1. The van der Waals surface area contributed by atoms with Crippen LogP contribution in [0.3, 0.4) is 0 Å². The lowest BCUT2D eigenvalue weighted by Crippen LogP contribution is -2.14. The van der Waals surface area contributed by atoms with E-state index >= 15 is 0 Å². The molecule has 5 nitrogen and oxygen atoms in total. The highest BCUT2D eigenvalue weighted by atomic mass is 32.2. The molecule has 0 bridgehead atoms. The molecule has 3 rings (SSSR count). The van der Waals surface area contributed by atoms with Gasteiger partial charge in [-0.15, -0.1) is 0 Å². The largest absolute Gasteiger partial charge is 0.380 e. The Morgan fingerprint density at radius 3 is 2.90 bits per heavy atom. The van der Waals surface area contributed by atoms with Crippen molar-refractivity contribution in [3.8, 4) is 0 Å². The fourth-order valence-electron chi connectivity index (χ4n) is 2.83. The molecule has 1 unspecified atom stereocenters. The number of rotatable bonds is 4. The highest BCUT2D eigenvalue weighted by molar-refractivity contribution is 7.91. The van der Waals surface area contributed by atoms with Crippen molar-refractivity contribution < 1.29 is 8.42 Å². The molecule has 1 saturated heterocycles. The van der Waals surface area contributed by atoms with Gasteiger partial charge < -0.3 is 5.32 Å². The molecule has 0 amide bonds. The molecule has 0 aromatic carbocycles. The number of sulfone groups is 1. The van der Waals surface area contributed by atoms with Crippen LogP contribution >= 0.6 is 11.3 Å². The van der Waals surface area contributed by atoms with Crippen molar-refractivity contribution in [2.24, 2.45) is 0 Å². The summed E-state index contributed by atoms with van der Waals surface area (Å²) in [5.41, 5.74) is 4.30. The molecular weight excluding hydrogens is 306 g/mol. The molecule has 0 spiro atoms. The van der Waals surface area contributed by atoms with E-state index in [4.69, 9.17) is 0 Å². The van der Waals surface area contributed by atoms with Gasteiger partial charge in [0.15, 0.2) is 9.84 Å². The minimum atomic E-state index is -2.89. The van der Waals surface area contributed by atoms with Crippen LogP contribution in [0.25, 0.3) is 0 Å². The maximum absolute atomic E-state index is 11.6. The lowest BCUT2D eigenvalue weighted by atomic mass is 10.2. The van der Waals surface area contributed by atoms with E-state index in [0.29, 0.717) is 13.0 Å². The van der Waals surface area contributed by atoms with Crippen LogP contribution < -0.4 is 5.32 Å². The molecule has 2 aromatic rings. The summed E-state index contributed by atoms with van der Waals surface area (Å²) in [6.45, 7) is 4.72. The van der Waals surface area contributed by atoms with Gasteiger partial charge >= 0.3 is 0 Å². The molecule has 0 aliphatic carbocycles. The zero-order chi connectivity index (χ0) is 15.0. The summed E-state index contributed by atoms with van der Waals surface area (Å²) in [6, 6.07) is 2.03. The van der Waals surface area contributed by atoms with Gasteiger partial charge in [-0.25, -0.2) is 8.42 Å². The molecule has 1 N–H and O–H groups in total. The van der Waals surface area contributed by atoms with E-state index in [2.05, 4.69) is 15.8 Å². The summed E-state index contributed by atoms with van der Waals surface area (Å²) < 4.78 is 25.2. The Hall–Kier alpha value is -1.34. The Bertz CT molecular complexity index is 733. The van der Waals surface area contributed by atoms with Crippen LogP contribution in [0.1, 0.15) is 29.4 Å². The van der Waals surface area contributed by atoms with Crippen molar-refractivity contribution in [3.05, 3.63) is 33.8 Å². The molecule has 2 aromatic heterocycles. The number of aryl methyl sites for hydroxylation is 1. The van der Waals surface area contributed by atoms with Gasteiger partial charge in [-0.3, -0.25) is 4.68 Å².